The molecule has 2 aromatic rings. The fraction of sp³-hybridized carbons (Fsp3) is 0.417. The zero-order valence-electron chi connectivity index (χ0n) is 18.9. The average Bonchev–Trinajstić information content (AvgIpc) is 3.35. The van der Waals surface area contributed by atoms with Crippen LogP contribution in [0.25, 0.3) is 0 Å². The first-order valence-electron chi connectivity index (χ1n) is 11.0. The molecule has 2 N–H and O–H groups in total. The van der Waals surface area contributed by atoms with E-state index in [0.29, 0.717) is 6.61 Å². The number of esters is 1. The van der Waals surface area contributed by atoms with E-state index < -0.39 is 28.5 Å². The minimum Gasteiger partial charge on any atom is -0.452 e. The lowest BCUT2D eigenvalue weighted by atomic mass is 10.1. The summed E-state index contributed by atoms with van der Waals surface area (Å²) < 4.78 is 37.8. The van der Waals surface area contributed by atoms with E-state index >= 15 is 0 Å². The zero-order valence-corrected chi connectivity index (χ0v) is 19.7. The smallest absolute Gasteiger partial charge is 0.338 e. The molecule has 0 spiro atoms. The van der Waals surface area contributed by atoms with Gasteiger partial charge in [-0.15, -0.1) is 0 Å². The summed E-state index contributed by atoms with van der Waals surface area (Å²) in [6.45, 7) is 4.35. The lowest BCUT2D eigenvalue weighted by Crippen LogP contribution is -2.32. The van der Waals surface area contributed by atoms with E-state index in [2.05, 4.69) is 17.0 Å². The van der Waals surface area contributed by atoms with E-state index in [1.54, 1.807) is 0 Å². The summed E-state index contributed by atoms with van der Waals surface area (Å²) in [5.74, 6) is -1.13. The van der Waals surface area contributed by atoms with Gasteiger partial charge in [0.15, 0.2) is 6.61 Å². The summed E-state index contributed by atoms with van der Waals surface area (Å²) in [5.41, 5.74) is 2.32. The number of aryl methyl sites for hydroxylation is 1. The van der Waals surface area contributed by atoms with Crippen LogP contribution in [0, 0.1) is 0 Å². The first-order chi connectivity index (χ1) is 15.8. The van der Waals surface area contributed by atoms with Gasteiger partial charge in [0, 0.05) is 13.2 Å². The van der Waals surface area contributed by atoms with Gasteiger partial charge in [-0.05, 0) is 61.6 Å². The highest BCUT2D eigenvalue weighted by molar-refractivity contribution is 7.89. The van der Waals surface area contributed by atoms with E-state index in [0.717, 1.165) is 24.8 Å². The SMILES string of the molecule is CCc1ccc(C(C)NC(=O)COC(=O)c2ccc(S(=O)(=O)NCC3CCCO3)cc2)cc1. The Balaban J connectivity index is 1.47. The van der Waals surface area contributed by atoms with Gasteiger partial charge in [0.2, 0.25) is 10.0 Å². The van der Waals surface area contributed by atoms with Crippen molar-refractivity contribution in [2.45, 2.75) is 50.2 Å². The molecule has 1 amide bonds. The van der Waals surface area contributed by atoms with Crippen LogP contribution in [0.15, 0.2) is 53.4 Å². The van der Waals surface area contributed by atoms with Gasteiger partial charge in [0.05, 0.1) is 22.6 Å². The van der Waals surface area contributed by atoms with Crippen molar-refractivity contribution in [3.63, 3.8) is 0 Å². The Morgan fingerprint density at radius 1 is 1.12 bits per heavy atom. The molecule has 178 valence electrons. The second-order valence-electron chi connectivity index (χ2n) is 7.97. The molecular weight excluding hydrogens is 444 g/mol. The number of ether oxygens (including phenoxy) is 2. The summed E-state index contributed by atoms with van der Waals surface area (Å²) in [7, 11) is -3.71. The zero-order chi connectivity index (χ0) is 23.8. The van der Waals surface area contributed by atoms with Crippen molar-refractivity contribution in [2.75, 3.05) is 19.8 Å². The van der Waals surface area contributed by atoms with E-state index in [-0.39, 0.29) is 29.1 Å². The lowest BCUT2D eigenvalue weighted by molar-refractivity contribution is -0.124. The molecule has 0 aromatic heterocycles. The molecule has 0 saturated carbocycles. The molecule has 3 rings (SSSR count). The molecular formula is C24H30N2O6S. The maximum Gasteiger partial charge on any atom is 0.338 e. The van der Waals surface area contributed by atoms with Gasteiger partial charge in [-0.2, -0.15) is 0 Å². The maximum absolute atomic E-state index is 12.4. The van der Waals surface area contributed by atoms with E-state index in [9.17, 15) is 18.0 Å². The van der Waals surface area contributed by atoms with Crippen LogP contribution in [-0.4, -0.2) is 46.2 Å². The van der Waals surface area contributed by atoms with Gasteiger partial charge in [-0.25, -0.2) is 17.9 Å². The molecule has 2 atom stereocenters. The Hall–Kier alpha value is -2.75. The monoisotopic (exact) mass is 474 g/mol. The molecule has 1 saturated heterocycles. The standard InChI is InChI=1S/C24H30N2O6S/c1-3-18-6-8-19(9-7-18)17(2)26-23(27)16-32-24(28)20-10-12-22(13-11-20)33(29,30)25-15-21-5-4-14-31-21/h6-13,17,21,25H,3-5,14-16H2,1-2H3,(H,26,27). The van der Waals surface area contributed by atoms with E-state index in [4.69, 9.17) is 9.47 Å². The van der Waals surface area contributed by atoms with E-state index in [1.165, 1.54) is 29.8 Å². The second-order valence-corrected chi connectivity index (χ2v) is 9.74. The van der Waals surface area contributed by atoms with Crippen molar-refractivity contribution >= 4 is 21.9 Å². The summed E-state index contributed by atoms with van der Waals surface area (Å²) >= 11 is 0. The van der Waals surface area contributed by atoms with Crippen LogP contribution >= 0.6 is 0 Å². The van der Waals surface area contributed by atoms with Crippen LogP contribution in [0.3, 0.4) is 0 Å². The highest BCUT2D eigenvalue weighted by atomic mass is 32.2. The maximum atomic E-state index is 12.4. The third-order valence-electron chi connectivity index (χ3n) is 5.53. The van der Waals surface area contributed by atoms with Crippen LogP contribution in [0.5, 0.6) is 0 Å². The molecule has 1 aliphatic rings. The van der Waals surface area contributed by atoms with Gasteiger partial charge in [-0.1, -0.05) is 31.2 Å². The normalized spacial score (nSPS) is 16.8. The predicted octanol–water partition coefficient (Wildman–Crippen LogP) is 2.74. The van der Waals surface area contributed by atoms with Gasteiger partial charge in [-0.3, -0.25) is 4.79 Å². The number of carbonyl (C=O) groups is 2. The fourth-order valence-corrected chi connectivity index (χ4v) is 4.55. The average molecular weight is 475 g/mol. The molecule has 33 heavy (non-hydrogen) atoms. The topological polar surface area (TPSA) is 111 Å². The Morgan fingerprint density at radius 3 is 2.42 bits per heavy atom. The summed E-state index contributed by atoms with van der Waals surface area (Å²) in [5, 5.41) is 2.79. The number of carbonyl (C=O) groups excluding carboxylic acids is 2. The Kier molecular flexibility index (Phi) is 8.60. The number of benzene rings is 2. The van der Waals surface area contributed by atoms with Crippen molar-refractivity contribution in [3.8, 4) is 0 Å². The van der Waals surface area contributed by atoms with Crippen molar-refractivity contribution in [3.05, 3.63) is 65.2 Å². The van der Waals surface area contributed by atoms with Crippen molar-refractivity contribution in [2.24, 2.45) is 0 Å². The molecule has 9 heteroatoms. The Labute approximate surface area is 194 Å². The first kappa shape index (κ1) is 24.9. The molecule has 1 fully saturated rings. The predicted molar refractivity (Wildman–Crippen MR) is 123 cm³/mol. The van der Waals surface area contributed by atoms with Crippen LogP contribution < -0.4 is 10.0 Å². The fourth-order valence-electron chi connectivity index (χ4n) is 3.48. The van der Waals surface area contributed by atoms with Crippen molar-refractivity contribution in [1.82, 2.24) is 10.0 Å². The quantitative estimate of drug-likeness (QED) is 0.513. The van der Waals surface area contributed by atoms with Crippen LogP contribution in [-0.2, 0) is 30.7 Å². The van der Waals surface area contributed by atoms with Crippen LogP contribution in [0.2, 0.25) is 0 Å². The lowest BCUT2D eigenvalue weighted by Gasteiger charge is -2.15. The molecule has 2 unspecified atom stereocenters. The third kappa shape index (κ3) is 7.12. The second kappa shape index (κ2) is 11.4. The highest BCUT2D eigenvalue weighted by Gasteiger charge is 2.21. The Bertz CT molecular complexity index is 1050. The number of amides is 1. The third-order valence-corrected chi connectivity index (χ3v) is 6.96. The number of hydrogen-bond donors (Lipinski definition) is 2. The number of rotatable bonds is 10. The molecule has 0 aliphatic carbocycles. The van der Waals surface area contributed by atoms with E-state index in [1.807, 2.05) is 31.2 Å². The molecule has 8 nitrogen and oxygen atoms in total. The first-order valence-corrected chi connectivity index (χ1v) is 12.5. The van der Waals surface area contributed by atoms with Gasteiger partial charge >= 0.3 is 5.97 Å². The molecule has 2 aromatic carbocycles. The highest BCUT2D eigenvalue weighted by Crippen LogP contribution is 2.15. The molecule has 1 heterocycles. The number of sulfonamides is 1. The number of nitrogens with one attached hydrogen (secondary N) is 2. The van der Waals surface area contributed by atoms with Gasteiger partial charge in [0.25, 0.3) is 5.91 Å². The van der Waals surface area contributed by atoms with Crippen molar-refractivity contribution in [1.29, 1.82) is 0 Å². The van der Waals surface area contributed by atoms with Crippen molar-refractivity contribution < 1.29 is 27.5 Å². The molecule has 0 radical (unpaired) electrons. The summed E-state index contributed by atoms with van der Waals surface area (Å²) in [4.78, 5) is 24.5. The molecule has 1 aliphatic heterocycles. The van der Waals surface area contributed by atoms with Gasteiger partial charge in [0.1, 0.15) is 0 Å². The minimum absolute atomic E-state index is 0.0395. The Morgan fingerprint density at radius 2 is 1.82 bits per heavy atom. The van der Waals surface area contributed by atoms with Crippen LogP contribution in [0.1, 0.15) is 54.2 Å². The van der Waals surface area contributed by atoms with Crippen LogP contribution in [0.4, 0.5) is 0 Å². The molecule has 0 bridgehead atoms. The largest absolute Gasteiger partial charge is 0.452 e. The number of hydrogen-bond acceptors (Lipinski definition) is 6. The summed E-state index contributed by atoms with van der Waals surface area (Å²) in [6, 6.07) is 13.1. The minimum atomic E-state index is -3.71. The summed E-state index contributed by atoms with van der Waals surface area (Å²) in [6.07, 6.45) is 2.57. The van der Waals surface area contributed by atoms with Gasteiger partial charge < -0.3 is 14.8 Å².